The van der Waals surface area contributed by atoms with E-state index in [0.29, 0.717) is 6.54 Å². The zero-order chi connectivity index (χ0) is 13.2. The van der Waals surface area contributed by atoms with Crippen molar-refractivity contribution in [3.8, 4) is 5.75 Å². The molecule has 0 aliphatic carbocycles. The van der Waals surface area contributed by atoms with E-state index in [9.17, 15) is 4.79 Å². The zero-order valence-electron chi connectivity index (χ0n) is 11.0. The molecule has 2 rings (SSSR count). The largest absolute Gasteiger partial charge is 0.497 e. The number of nitrogens with two attached hydrogens (primary N) is 1. The average Bonchev–Trinajstić information content (AvgIpc) is 2.36. The zero-order valence-corrected chi connectivity index (χ0v) is 11.0. The molecule has 1 fully saturated rings. The van der Waals surface area contributed by atoms with Crippen molar-refractivity contribution < 1.29 is 9.53 Å². The molecule has 1 amide bonds. The van der Waals surface area contributed by atoms with Crippen LogP contribution in [0.25, 0.3) is 0 Å². The monoisotopic (exact) mass is 248 g/mol. The maximum Gasteiger partial charge on any atom is 0.242 e. The second-order valence-electron chi connectivity index (χ2n) is 5.10. The summed E-state index contributed by atoms with van der Waals surface area (Å²) in [4.78, 5) is 14.0. The van der Waals surface area contributed by atoms with Gasteiger partial charge in [0.1, 0.15) is 5.75 Å². The van der Waals surface area contributed by atoms with Gasteiger partial charge in [0, 0.05) is 13.1 Å². The van der Waals surface area contributed by atoms with Crippen molar-refractivity contribution in [2.24, 2.45) is 5.73 Å². The summed E-state index contributed by atoms with van der Waals surface area (Å²) in [6.07, 6.45) is 1.74. The Morgan fingerprint density at radius 2 is 2.06 bits per heavy atom. The molecule has 1 aromatic carbocycles. The van der Waals surface area contributed by atoms with Gasteiger partial charge >= 0.3 is 0 Å². The Labute approximate surface area is 108 Å². The van der Waals surface area contributed by atoms with Crippen LogP contribution in [0.1, 0.15) is 25.3 Å². The van der Waals surface area contributed by atoms with E-state index in [0.717, 1.165) is 30.7 Å². The van der Waals surface area contributed by atoms with Crippen LogP contribution in [0, 0.1) is 0 Å². The number of ether oxygens (including phenoxy) is 1. The average molecular weight is 248 g/mol. The molecular weight excluding hydrogens is 228 g/mol. The number of carbonyl (C=O) groups is 1. The number of carbonyl (C=O) groups excluding carboxylic acids is 1. The first kappa shape index (κ1) is 12.9. The second kappa shape index (κ2) is 4.98. The van der Waals surface area contributed by atoms with Gasteiger partial charge in [-0.25, -0.2) is 0 Å². The Bertz CT molecular complexity index is 426. The van der Waals surface area contributed by atoms with Gasteiger partial charge in [-0.05, 0) is 37.5 Å². The number of benzene rings is 1. The lowest BCUT2D eigenvalue weighted by Gasteiger charge is -2.37. The van der Waals surface area contributed by atoms with Gasteiger partial charge in [0.25, 0.3) is 0 Å². The molecule has 4 nitrogen and oxygen atoms in total. The van der Waals surface area contributed by atoms with Gasteiger partial charge in [-0.1, -0.05) is 12.1 Å². The lowest BCUT2D eigenvalue weighted by molar-refractivity contribution is -0.140. The molecule has 1 aliphatic heterocycles. The third-order valence-corrected chi connectivity index (χ3v) is 3.43. The minimum Gasteiger partial charge on any atom is -0.497 e. The molecule has 2 N–H and O–H groups in total. The van der Waals surface area contributed by atoms with Gasteiger partial charge in [0.15, 0.2) is 0 Å². The SMILES string of the molecule is COc1ccc(CN2CCCC(C)(N)C2=O)cc1. The van der Waals surface area contributed by atoms with E-state index in [1.165, 1.54) is 0 Å². The van der Waals surface area contributed by atoms with Crippen molar-refractivity contribution in [2.45, 2.75) is 31.8 Å². The number of methoxy groups -OCH3 is 1. The fraction of sp³-hybridized carbons (Fsp3) is 0.500. The van der Waals surface area contributed by atoms with Gasteiger partial charge in [-0.15, -0.1) is 0 Å². The number of amides is 1. The summed E-state index contributed by atoms with van der Waals surface area (Å²) in [5.74, 6) is 0.872. The molecule has 1 atom stereocenters. The Hall–Kier alpha value is -1.55. The first-order chi connectivity index (χ1) is 8.53. The molecule has 1 aromatic rings. The van der Waals surface area contributed by atoms with Crippen molar-refractivity contribution in [3.63, 3.8) is 0 Å². The van der Waals surface area contributed by atoms with Crippen LogP contribution in [0.4, 0.5) is 0 Å². The maximum absolute atomic E-state index is 12.2. The molecule has 0 aromatic heterocycles. The third-order valence-electron chi connectivity index (χ3n) is 3.43. The fourth-order valence-electron chi connectivity index (χ4n) is 2.31. The predicted molar refractivity (Wildman–Crippen MR) is 70.2 cm³/mol. The first-order valence-electron chi connectivity index (χ1n) is 6.24. The Morgan fingerprint density at radius 1 is 1.39 bits per heavy atom. The molecule has 1 unspecified atom stereocenters. The van der Waals surface area contributed by atoms with Gasteiger partial charge in [0.2, 0.25) is 5.91 Å². The summed E-state index contributed by atoms with van der Waals surface area (Å²) >= 11 is 0. The predicted octanol–water partition coefficient (Wildman–Crippen LogP) is 1.53. The van der Waals surface area contributed by atoms with Crippen LogP contribution in [-0.4, -0.2) is 30.0 Å². The van der Waals surface area contributed by atoms with Crippen molar-refractivity contribution >= 4 is 5.91 Å². The lowest BCUT2D eigenvalue weighted by atomic mass is 9.91. The molecular formula is C14H20N2O2. The van der Waals surface area contributed by atoms with Crippen molar-refractivity contribution in [1.82, 2.24) is 4.90 Å². The summed E-state index contributed by atoms with van der Waals surface area (Å²) in [5, 5.41) is 0. The summed E-state index contributed by atoms with van der Waals surface area (Å²) in [6.45, 7) is 3.22. The smallest absolute Gasteiger partial charge is 0.242 e. The Morgan fingerprint density at radius 3 is 2.67 bits per heavy atom. The highest BCUT2D eigenvalue weighted by atomic mass is 16.5. The van der Waals surface area contributed by atoms with E-state index in [2.05, 4.69) is 0 Å². The molecule has 1 heterocycles. The number of nitrogens with zero attached hydrogens (tertiary/aromatic N) is 1. The van der Waals surface area contributed by atoms with E-state index in [1.54, 1.807) is 7.11 Å². The lowest BCUT2D eigenvalue weighted by Crippen LogP contribution is -2.56. The van der Waals surface area contributed by atoms with Gasteiger partial charge in [-0.3, -0.25) is 4.79 Å². The van der Waals surface area contributed by atoms with E-state index in [-0.39, 0.29) is 5.91 Å². The number of hydrogen-bond donors (Lipinski definition) is 1. The summed E-state index contributed by atoms with van der Waals surface area (Å²) in [7, 11) is 1.64. The van der Waals surface area contributed by atoms with Crippen LogP contribution in [0.15, 0.2) is 24.3 Å². The summed E-state index contributed by atoms with van der Waals surface area (Å²) < 4.78 is 5.11. The van der Waals surface area contributed by atoms with E-state index < -0.39 is 5.54 Å². The van der Waals surface area contributed by atoms with Crippen LogP contribution in [0.5, 0.6) is 5.75 Å². The van der Waals surface area contributed by atoms with E-state index in [1.807, 2.05) is 36.1 Å². The van der Waals surface area contributed by atoms with Gasteiger partial charge in [0.05, 0.1) is 12.6 Å². The summed E-state index contributed by atoms with van der Waals surface area (Å²) in [6, 6.07) is 7.78. The summed E-state index contributed by atoms with van der Waals surface area (Å²) in [5.41, 5.74) is 6.40. The van der Waals surface area contributed by atoms with Crippen LogP contribution < -0.4 is 10.5 Å². The number of likely N-dealkylation sites (tertiary alicyclic amines) is 1. The fourth-order valence-corrected chi connectivity index (χ4v) is 2.31. The quantitative estimate of drug-likeness (QED) is 0.882. The first-order valence-corrected chi connectivity index (χ1v) is 6.24. The van der Waals surface area contributed by atoms with Crippen molar-refractivity contribution in [2.75, 3.05) is 13.7 Å². The van der Waals surface area contributed by atoms with Crippen LogP contribution in [0.3, 0.4) is 0 Å². The highest BCUT2D eigenvalue weighted by Gasteiger charge is 2.35. The van der Waals surface area contributed by atoms with Crippen molar-refractivity contribution in [1.29, 1.82) is 0 Å². The molecule has 98 valence electrons. The van der Waals surface area contributed by atoms with Crippen molar-refractivity contribution in [3.05, 3.63) is 29.8 Å². The van der Waals surface area contributed by atoms with Crippen LogP contribution in [0.2, 0.25) is 0 Å². The van der Waals surface area contributed by atoms with E-state index >= 15 is 0 Å². The van der Waals surface area contributed by atoms with E-state index in [4.69, 9.17) is 10.5 Å². The van der Waals surface area contributed by atoms with Crippen LogP contribution >= 0.6 is 0 Å². The highest BCUT2D eigenvalue weighted by Crippen LogP contribution is 2.22. The minimum atomic E-state index is -0.704. The topological polar surface area (TPSA) is 55.6 Å². The molecule has 1 saturated heterocycles. The Balaban J connectivity index is 2.06. The minimum absolute atomic E-state index is 0.0459. The van der Waals surface area contributed by atoms with Crippen LogP contribution in [-0.2, 0) is 11.3 Å². The third kappa shape index (κ3) is 2.64. The normalized spacial score (nSPS) is 24.2. The number of piperidine rings is 1. The second-order valence-corrected chi connectivity index (χ2v) is 5.10. The standard InChI is InChI=1S/C14H20N2O2/c1-14(15)8-3-9-16(13(14)17)10-11-4-6-12(18-2)7-5-11/h4-7H,3,8-10,15H2,1-2H3. The number of hydrogen-bond acceptors (Lipinski definition) is 3. The molecule has 1 aliphatic rings. The molecule has 18 heavy (non-hydrogen) atoms. The highest BCUT2D eigenvalue weighted by molar-refractivity contribution is 5.86. The maximum atomic E-state index is 12.2. The molecule has 0 radical (unpaired) electrons. The number of rotatable bonds is 3. The van der Waals surface area contributed by atoms with Gasteiger partial charge in [-0.2, -0.15) is 0 Å². The Kier molecular flexibility index (Phi) is 3.57. The molecule has 0 saturated carbocycles. The molecule has 4 heteroatoms. The molecule has 0 bridgehead atoms. The molecule has 0 spiro atoms. The van der Waals surface area contributed by atoms with Gasteiger partial charge < -0.3 is 15.4 Å².